The van der Waals surface area contributed by atoms with Gasteiger partial charge in [0.15, 0.2) is 0 Å². The maximum absolute atomic E-state index is 12.4. The van der Waals surface area contributed by atoms with Gasteiger partial charge in [-0.05, 0) is 36.1 Å². The van der Waals surface area contributed by atoms with Gasteiger partial charge in [0.2, 0.25) is 5.91 Å². The largest absolute Gasteiger partial charge is 0.347 e. The van der Waals surface area contributed by atoms with E-state index in [4.69, 9.17) is 0 Å². The molecule has 1 aliphatic carbocycles. The van der Waals surface area contributed by atoms with Crippen LogP contribution in [0.2, 0.25) is 0 Å². The molecule has 0 spiro atoms. The summed E-state index contributed by atoms with van der Waals surface area (Å²) in [5, 5.41) is 3.00. The van der Waals surface area contributed by atoms with Crippen LogP contribution >= 0.6 is 0 Å². The smallest absolute Gasteiger partial charge is 0.251 e. The first-order chi connectivity index (χ1) is 11.7. The Kier molecular flexibility index (Phi) is 3.81. The predicted octanol–water partition coefficient (Wildman–Crippen LogP) is 2.85. The zero-order chi connectivity index (χ0) is 16.5. The molecular weight excluding hydrogens is 300 g/mol. The van der Waals surface area contributed by atoms with Crippen molar-refractivity contribution in [2.75, 3.05) is 6.54 Å². The lowest BCUT2D eigenvalue weighted by atomic mass is 10.0. The first kappa shape index (κ1) is 14.9. The second-order valence-electron chi connectivity index (χ2n) is 6.60. The molecule has 2 aromatic carbocycles. The van der Waals surface area contributed by atoms with Crippen LogP contribution in [-0.2, 0) is 4.79 Å². The highest BCUT2D eigenvalue weighted by Gasteiger charge is 2.39. The second kappa shape index (κ2) is 6.11. The molecule has 1 saturated carbocycles. The third-order valence-corrected chi connectivity index (χ3v) is 4.74. The van der Waals surface area contributed by atoms with Gasteiger partial charge in [0.05, 0.1) is 6.04 Å². The third kappa shape index (κ3) is 3.04. The van der Waals surface area contributed by atoms with Gasteiger partial charge in [0.1, 0.15) is 0 Å². The average Bonchev–Trinajstić information content (AvgIpc) is 3.39. The lowest BCUT2D eigenvalue weighted by molar-refractivity contribution is -0.128. The van der Waals surface area contributed by atoms with E-state index in [9.17, 15) is 9.59 Å². The number of rotatable bonds is 4. The number of amides is 2. The van der Waals surface area contributed by atoms with Crippen molar-refractivity contribution in [2.45, 2.75) is 31.3 Å². The van der Waals surface area contributed by atoms with Gasteiger partial charge in [-0.3, -0.25) is 9.59 Å². The molecule has 0 unspecified atom stereocenters. The molecule has 2 aliphatic rings. The van der Waals surface area contributed by atoms with Gasteiger partial charge in [-0.1, -0.05) is 42.5 Å². The van der Waals surface area contributed by atoms with Crippen molar-refractivity contribution in [2.24, 2.45) is 0 Å². The van der Waals surface area contributed by atoms with Gasteiger partial charge in [-0.25, -0.2) is 0 Å². The number of nitrogens with one attached hydrogen (secondary N) is 1. The minimum Gasteiger partial charge on any atom is -0.347 e. The number of hydrogen-bond donors (Lipinski definition) is 1. The van der Waals surface area contributed by atoms with Crippen LogP contribution in [0, 0.1) is 0 Å². The van der Waals surface area contributed by atoms with Crippen molar-refractivity contribution >= 4 is 11.8 Å². The molecule has 0 aromatic heterocycles. The van der Waals surface area contributed by atoms with E-state index >= 15 is 0 Å². The summed E-state index contributed by atoms with van der Waals surface area (Å²) in [6, 6.07) is 18.0. The molecule has 0 bridgehead atoms. The van der Waals surface area contributed by atoms with Crippen molar-refractivity contribution < 1.29 is 9.59 Å². The summed E-state index contributed by atoms with van der Waals surface area (Å²) in [5.74, 6) is 0.0623. The van der Waals surface area contributed by atoms with E-state index < -0.39 is 0 Å². The maximum atomic E-state index is 12.4. The fourth-order valence-corrected chi connectivity index (χ4v) is 3.28. The van der Waals surface area contributed by atoms with E-state index in [1.165, 1.54) is 0 Å². The Bertz CT molecular complexity index is 751. The molecule has 0 radical (unpaired) electrons. The minimum atomic E-state index is -0.106. The molecule has 1 atom stereocenters. The van der Waals surface area contributed by atoms with Gasteiger partial charge >= 0.3 is 0 Å². The fourth-order valence-electron chi connectivity index (χ4n) is 3.28. The summed E-state index contributed by atoms with van der Waals surface area (Å²) in [5.41, 5.74) is 2.85. The van der Waals surface area contributed by atoms with E-state index in [2.05, 4.69) is 5.32 Å². The fraction of sp³-hybridized carbons (Fsp3) is 0.300. The van der Waals surface area contributed by atoms with Crippen LogP contribution in [0.3, 0.4) is 0 Å². The zero-order valence-electron chi connectivity index (χ0n) is 13.4. The van der Waals surface area contributed by atoms with Crippen molar-refractivity contribution in [1.82, 2.24) is 10.2 Å². The van der Waals surface area contributed by atoms with Crippen molar-refractivity contribution in [3.8, 4) is 11.1 Å². The molecule has 4 rings (SSSR count). The summed E-state index contributed by atoms with van der Waals surface area (Å²) in [6.07, 6.45) is 2.63. The normalized spacial score (nSPS) is 20.2. The molecule has 2 amide bonds. The summed E-state index contributed by atoms with van der Waals surface area (Å²) >= 11 is 0. The molecule has 1 aliphatic heterocycles. The topological polar surface area (TPSA) is 49.4 Å². The van der Waals surface area contributed by atoms with Crippen LogP contribution in [0.1, 0.15) is 29.6 Å². The number of nitrogens with zero attached hydrogens (tertiary/aromatic N) is 1. The molecule has 4 nitrogen and oxygen atoms in total. The van der Waals surface area contributed by atoms with Crippen LogP contribution in [0.4, 0.5) is 0 Å². The zero-order valence-corrected chi connectivity index (χ0v) is 13.4. The second-order valence-corrected chi connectivity index (χ2v) is 6.60. The van der Waals surface area contributed by atoms with Crippen LogP contribution in [0.15, 0.2) is 54.6 Å². The SMILES string of the molecule is O=C(N[C@@H]1CC(=O)N(C2CC2)C1)c1ccc(-c2ccccc2)cc1. The molecular formula is C20H20N2O2. The van der Waals surface area contributed by atoms with Crippen LogP contribution < -0.4 is 5.32 Å². The molecule has 4 heteroatoms. The Labute approximate surface area is 141 Å². The van der Waals surface area contributed by atoms with E-state index in [0.717, 1.165) is 24.0 Å². The Morgan fingerprint density at radius 1 is 0.958 bits per heavy atom. The summed E-state index contributed by atoms with van der Waals surface area (Å²) < 4.78 is 0. The van der Waals surface area contributed by atoms with E-state index in [-0.39, 0.29) is 17.9 Å². The quantitative estimate of drug-likeness (QED) is 0.942. The highest BCUT2D eigenvalue weighted by atomic mass is 16.2. The monoisotopic (exact) mass is 320 g/mol. The van der Waals surface area contributed by atoms with Crippen LogP contribution in [0.25, 0.3) is 11.1 Å². The number of carbonyl (C=O) groups is 2. The molecule has 1 heterocycles. The first-order valence-electron chi connectivity index (χ1n) is 8.46. The first-order valence-corrected chi connectivity index (χ1v) is 8.46. The van der Waals surface area contributed by atoms with E-state index in [1.54, 1.807) is 0 Å². The molecule has 2 fully saturated rings. The Hall–Kier alpha value is -2.62. The molecule has 24 heavy (non-hydrogen) atoms. The van der Waals surface area contributed by atoms with E-state index in [0.29, 0.717) is 24.6 Å². The number of carbonyl (C=O) groups excluding carboxylic acids is 2. The summed E-state index contributed by atoms with van der Waals surface area (Å²) in [6.45, 7) is 0.650. The van der Waals surface area contributed by atoms with Gasteiger partial charge in [-0.2, -0.15) is 0 Å². The summed E-state index contributed by atoms with van der Waals surface area (Å²) in [7, 11) is 0. The van der Waals surface area contributed by atoms with E-state index in [1.807, 2.05) is 59.5 Å². The maximum Gasteiger partial charge on any atom is 0.251 e. The van der Waals surface area contributed by atoms with Gasteiger partial charge < -0.3 is 10.2 Å². The molecule has 122 valence electrons. The third-order valence-electron chi connectivity index (χ3n) is 4.74. The lowest BCUT2D eigenvalue weighted by Crippen LogP contribution is -2.37. The number of benzene rings is 2. The number of hydrogen-bond acceptors (Lipinski definition) is 2. The minimum absolute atomic E-state index is 0.0700. The Morgan fingerprint density at radius 2 is 1.62 bits per heavy atom. The van der Waals surface area contributed by atoms with Gasteiger partial charge in [0, 0.05) is 24.6 Å². The van der Waals surface area contributed by atoms with Gasteiger partial charge in [-0.15, -0.1) is 0 Å². The Balaban J connectivity index is 1.41. The number of likely N-dealkylation sites (tertiary alicyclic amines) is 1. The van der Waals surface area contributed by atoms with Crippen molar-refractivity contribution in [3.63, 3.8) is 0 Å². The van der Waals surface area contributed by atoms with Crippen LogP contribution in [-0.4, -0.2) is 35.3 Å². The average molecular weight is 320 g/mol. The molecule has 1 saturated heterocycles. The predicted molar refractivity (Wildman–Crippen MR) is 92.5 cm³/mol. The highest BCUT2D eigenvalue weighted by Crippen LogP contribution is 2.30. The van der Waals surface area contributed by atoms with Crippen molar-refractivity contribution in [1.29, 1.82) is 0 Å². The molecule has 1 N–H and O–H groups in total. The highest BCUT2D eigenvalue weighted by molar-refractivity contribution is 5.95. The lowest BCUT2D eigenvalue weighted by Gasteiger charge is -2.16. The van der Waals surface area contributed by atoms with Crippen LogP contribution in [0.5, 0.6) is 0 Å². The van der Waals surface area contributed by atoms with Crippen molar-refractivity contribution in [3.05, 3.63) is 60.2 Å². The summed E-state index contributed by atoms with van der Waals surface area (Å²) in [4.78, 5) is 26.3. The Morgan fingerprint density at radius 3 is 2.29 bits per heavy atom. The van der Waals surface area contributed by atoms with Gasteiger partial charge in [0.25, 0.3) is 5.91 Å². The molecule has 2 aromatic rings. The standard InChI is InChI=1S/C20H20N2O2/c23-19-12-17(13-22(19)18-10-11-18)21-20(24)16-8-6-15(7-9-16)14-4-2-1-3-5-14/h1-9,17-18H,10-13H2,(H,21,24)/t17-/m1/s1.